The van der Waals surface area contributed by atoms with E-state index >= 15 is 0 Å². The van der Waals surface area contributed by atoms with Crippen molar-refractivity contribution in [3.8, 4) is 0 Å². The number of ether oxygens (including phenoxy) is 2. The van der Waals surface area contributed by atoms with Gasteiger partial charge in [-0.1, -0.05) is 56.5 Å². The standard InChI is InChI=1S/C30H40ClN3O5/c1-17(2)38-15-7-14-34-26(28(36)33-22-11-5-8-18(3)19(22)4)30-13-12-23(39-30)24(25(30)29(34)37)27(35)32-21-10-6-9-20(31)16-21/h6,9-10,12-13,16-19,22-26H,5,7-8,11,14-15H2,1-4H3,(H,32,35)(H,33,36)/t18-,19+,22+,23-,24+,25-,26-,30-/m0/s1. The number of fused-ring (bicyclic) bond motifs is 1. The Hall–Kier alpha value is -2.42. The van der Waals surface area contributed by atoms with Crippen molar-refractivity contribution in [1.29, 1.82) is 0 Å². The summed E-state index contributed by atoms with van der Waals surface area (Å²) in [5, 5.41) is 6.70. The zero-order valence-electron chi connectivity index (χ0n) is 23.2. The molecule has 3 aliphatic heterocycles. The summed E-state index contributed by atoms with van der Waals surface area (Å²) in [6.45, 7) is 9.17. The van der Waals surface area contributed by atoms with Crippen molar-refractivity contribution in [3.63, 3.8) is 0 Å². The first-order valence-electron chi connectivity index (χ1n) is 14.3. The van der Waals surface area contributed by atoms with E-state index in [9.17, 15) is 14.4 Å². The molecular formula is C30H40ClN3O5. The first-order chi connectivity index (χ1) is 18.6. The highest BCUT2D eigenvalue weighted by molar-refractivity contribution is 6.30. The largest absolute Gasteiger partial charge is 0.379 e. The van der Waals surface area contributed by atoms with Crippen LogP contribution in [-0.4, -0.2) is 65.7 Å². The Labute approximate surface area is 235 Å². The molecule has 1 aliphatic carbocycles. The van der Waals surface area contributed by atoms with Gasteiger partial charge in [-0.15, -0.1) is 0 Å². The SMILES string of the molecule is CC(C)OCCCN1C(=O)[C@@H]2[C@H](C(=O)Nc3cccc(Cl)c3)[C@@H]3C=C[C@@]2(O3)[C@@H]1C(=O)N[C@@H]1CCC[C@H](C)[C@H]1C. The number of rotatable bonds is 9. The van der Waals surface area contributed by atoms with E-state index in [1.807, 2.05) is 26.0 Å². The molecule has 8 nitrogen and oxygen atoms in total. The highest BCUT2D eigenvalue weighted by Crippen LogP contribution is 2.55. The Bertz CT molecular complexity index is 1140. The predicted molar refractivity (Wildman–Crippen MR) is 149 cm³/mol. The van der Waals surface area contributed by atoms with E-state index in [0.29, 0.717) is 42.1 Å². The second-order valence-corrected chi connectivity index (χ2v) is 12.3. The fraction of sp³-hybridized carbons (Fsp3) is 0.633. The van der Waals surface area contributed by atoms with Crippen molar-refractivity contribution < 1.29 is 23.9 Å². The molecule has 8 atom stereocenters. The normalized spacial score (nSPS) is 35.0. The van der Waals surface area contributed by atoms with Gasteiger partial charge >= 0.3 is 0 Å². The van der Waals surface area contributed by atoms with Crippen LogP contribution >= 0.6 is 11.6 Å². The van der Waals surface area contributed by atoms with E-state index < -0.39 is 29.6 Å². The monoisotopic (exact) mass is 557 g/mol. The van der Waals surface area contributed by atoms with E-state index in [-0.39, 0.29) is 29.9 Å². The topological polar surface area (TPSA) is 97.0 Å². The third kappa shape index (κ3) is 5.23. The molecule has 3 amide bonds. The molecule has 0 aromatic heterocycles. The van der Waals surface area contributed by atoms with Crippen LogP contribution in [0.5, 0.6) is 0 Å². The van der Waals surface area contributed by atoms with Crippen LogP contribution in [0.3, 0.4) is 0 Å². The Kier molecular flexibility index (Phi) is 8.09. The molecule has 3 heterocycles. The molecule has 2 N–H and O–H groups in total. The number of hydrogen-bond donors (Lipinski definition) is 2. The van der Waals surface area contributed by atoms with Gasteiger partial charge in [0.25, 0.3) is 0 Å². The smallest absolute Gasteiger partial charge is 0.246 e. The second kappa shape index (κ2) is 11.2. The molecule has 39 heavy (non-hydrogen) atoms. The van der Waals surface area contributed by atoms with E-state index in [1.54, 1.807) is 29.2 Å². The highest BCUT2D eigenvalue weighted by Gasteiger charge is 2.72. The minimum atomic E-state index is -1.18. The average Bonchev–Trinajstić information content (AvgIpc) is 3.52. The van der Waals surface area contributed by atoms with Crippen molar-refractivity contribution in [1.82, 2.24) is 10.2 Å². The van der Waals surface area contributed by atoms with Crippen LogP contribution in [-0.2, 0) is 23.9 Å². The molecule has 4 aliphatic rings. The maximum absolute atomic E-state index is 14.0. The second-order valence-electron chi connectivity index (χ2n) is 11.9. The molecule has 1 saturated carbocycles. The quantitative estimate of drug-likeness (QED) is 0.351. The third-order valence-electron chi connectivity index (χ3n) is 9.05. The van der Waals surface area contributed by atoms with Gasteiger partial charge in [-0.2, -0.15) is 0 Å². The van der Waals surface area contributed by atoms with Gasteiger partial charge in [0.1, 0.15) is 11.6 Å². The highest BCUT2D eigenvalue weighted by atomic mass is 35.5. The van der Waals surface area contributed by atoms with Gasteiger partial charge in [0.15, 0.2) is 0 Å². The summed E-state index contributed by atoms with van der Waals surface area (Å²) in [6.07, 6.45) is 6.91. The predicted octanol–water partition coefficient (Wildman–Crippen LogP) is 4.19. The van der Waals surface area contributed by atoms with Crippen molar-refractivity contribution in [2.24, 2.45) is 23.7 Å². The molecular weight excluding hydrogens is 518 g/mol. The number of halogens is 1. The lowest BCUT2D eigenvalue weighted by Gasteiger charge is -2.38. The molecule has 1 spiro atoms. The average molecular weight is 558 g/mol. The lowest BCUT2D eigenvalue weighted by Crippen LogP contribution is -2.58. The number of anilines is 1. The van der Waals surface area contributed by atoms with Crippen LogP contribution in [0.4, 0.5) is 5.69 Å². The van der Waals surface area contributed by atoms with E-state index in [2.05, 4.69) is 24.5 Å². The number of nitrogens with zero attached hydrogens (tertiary/aromatic N) is 1. The summed E-state index contributed by atoms with van der Waals surface area (Å²) < 4.78 is 12.2. The number of carbonyl (C=O) groups is 3. The molecule has 5 rings (SSSR count). The van der Waals surface area contributed by atoms with Crippen molar-refractivity contribution in [3.05, 3.63) is 41.4 Å². The van der Waals surface area contributed by atoms with Crippen LogP contribution in [0, 0.1) is 23.7 Å². The fourth-order valence-corrected chi connectivity index (χ4v) is 7.09. The summed E-state index contributed by atoms with van der Waals surface area (Å²) in [4.78, 5) is 43.2. The van der Waals surface area contributed by atoms with Gasteiger partial charge in [-0.3, -0.25) is 14.4 Å². The Morgan fingerprint density at radius 2 is 2.03 bits per heavy atom. The Morgan fingerprint density at radius 1 is 1.23 bits per heavy atom. The maximum Gasteiger partial charge on any atom is 0.246 e. The number of benzene rings is 1. The molecule has 2 saturated heterocycles. The van der Waals surface area contributed by atoms with Gasteiger partial charge in [0, 0.05) is 29.9 Å². The van der Waals surface area contributed by atoms with Gasteiger partial charge in [-0.05, 0) is 56.7 Å². The first kappa shape index (κ1) is 28.1. The lowest BCUT2D eigenvalue weighted by molar-refractivity contribution is -0.142. The number of carbonyl (C=O) groups excluding carboxylic acids is 3. The minimum absolute atomic E-state index is 0.0439. The Balaban J connectivity index is 1.41. The molecule has 0 unspecified atom stereocenters. The van der Waals surface area contributed by atoms with Crippen LogP contribution in [0.1, 0.15) is 53.4 Å². The van der Waals surface area contributed by atoms with E-state index in [0.717, 1.165) is 19.3 Å². The molecule has 2 bridgehead atoms. The maximum atomic E-state index is 14.0. The number of nitrogens with one attached hydrogen (secondary N) is 2. The van der Waals surface area contributed by atoms with Gasteiger partial charge in [-0.25, -0.2) is 0 Å². The molecule has 1 aromatic carbocycles. The van der Waals surface area contributed by atoms with Crippen LogP contribution in [0.15, 0.2) is 36.4 Å². The fourth-order valence-electron chi connectivity index (χ4n) is 6.90. The molecule has 9 heteroatoms. The van der Waals surface area contributed by atoms with Crippen molar-refractivity contribution in [2.45, 2.75) is 83.3 Å². The summed E-state index contributed by atoms with van der Waals surface area (Å²) in [5.74, 6) is -1.41. The zero-order chi connectivity index (χ0) is 27.9. The summed E-state index contributed by atoms with van der Waals surface area (Å²) in [6, 6.07) is 6.11. The number of likely N-dealkylation sites (tertiary alicyclic amines) is 1. The first-order valence-corrected chi connectivity index (χ1v) is 14.7. The van der Waals surface area contributed by atoms with E-state index in [4.69, 9.17) is 21.1 Å². The number of amides is 3. The van der Waals surface area contributed by atoms with E-state index in [1.165, 1.54) is 0 Å². The van der Waals surface area contributed by atoms with Crippen LogP contribution in [0.25, 0.3) is 0 Å². The molecule has 3 fully saturated rings. The number of hydrogen-bond acceptors (Lipinski definition) is 5. The Morgan fingerprint density at radius 3 is 2.77 bits per heavy atom. The van der Waals surface area contributed by atoms with Gasteiger partial charge in [0.2, 0.25) is 17.7 Å². The molecule has 212 valence electrons. The zero-order valence-corrected chi connectivity index (χ0v) is 23.9. The minimum Gasteiger partial charge on any atom is -0.379 e. The summed E-state index contributed by atoms with van der Waals surface area (Å²) >= 11 is 6.11. The molecule has 1 aromatic rings. The van der Waals surface area contributed by atoms with Gasteiger partial charge < -0.3 is 25.0 Å². The lowest BCUT2D eigenvalue weighted by atomic mass is 9.73. The van der Waals surface area contributed by atoms with Gasteiger partial charge in [0.05, 0.1) is 24.0 Å². The van der Waals surface area contributed by atoms with Crippen LogP contribution < -0.4 is 10.6 Å². The molecule has 0 radical (unpaired) electrons. The van der Waals surface area contributed by atoms with Crippen molar-refractivity contribution in [2.75, 3.05) is 18.5 Å². The van der Waals surface area contributed by atoms with Crippen LogP contribution in [0.2, 0.25) is 5.02 Å². The van der Waals surface area contributed by atoms with Crippen molar-refractivity contribution >= 4 is 35.0 Å². The third-order valence-corrected chi connectivity index (χ3v) is 9.28. The summed E-state index contributed by atoms with van der Waals surface area (Å²) in [7, 11) is 0. The summed E-state index contributed by atoms with van der Waals surface area (Å²) in [5.41, 5.74) is -0.624.